The summed E-state index contributed by atoms with van der Waals surface area (Å²) in [5.74, 6) is -0.278. The Balaban J connectivity index is 1.78. The maximum absolute atomic E-state index is 13.1. The van der Waals surface area contributed by atoms with E-state index < -0.39 is 0 Å². The van der Waals surface area contributed by atoms with Gasteiger partial charge in [0.15, 0.2) is 0 Å². The molecule has 1 aromatic heterocycles. The largest absolute Gasteiger partial charge is 0.339 e. The number of rotatable bonds is 2. The van der Waals surface area contributed by atoms with Crippen LogP contribution >= 0.6 is 11.3 Å². The van der Waals surface area contributed by atoms with Crippen molar-refractivity contribution in [2.24, 2.45) is 0 Å². The second-order valence-electron chi connectivity index (χ2n) is 5.47. The smallest absolute Gasteiger partial charge is 0.264 e. The van der Waals surface area contributed by atoms with Gasteiger partial charge in [-0.2, -0.15) is 0 Å². The van der Waals surface area contributed by atoms with Crippen molar-refractivity contribution >= 4 is 23.2 Å². The van der Waals surface area contributed by atoms with Crippen LogP contribution in [0.15, 0.2) is 35.7 Å². The molecule has 0 bridgehead atoms. The van der Waals surface area contributed by atoms with Crippen LogP contribution in [0.3, 0.4) is 0 Å². The Morgan fingerprint density at radius 1 is 1.00 bits per heavy atom. The van der Waals surface area contributed by atoms with E-state index in [4.69, 9.17) is 0 Å². The number of hydrogen-bond donors (Lipinski definition) is 0. The number of carbonyl (C=O) groups excluding carboxylic acids is 2. The van der Waals surface area contributed by atoms with Gasteiger partial charge in [-0.05, 0) is 29.1 Å². The van der Waals surface area contributed by atoms with Gasteiger partial charge in [0.1, 0.15) is 5.82 Å². The molecule has 2 amide bonds. The summed E-state index contributed by atoms with van der Waals surface area (Å²) in [4.78, 5) is 28.3. The average Bonchev–Trinajstić information content (AvgIpc) is 3.04. The highest BCUT2D eigenvalue weighted by atomic mass is 32.1. The van der Waals surface area contributed by atoms with Gasteiger partial charge in [-0.1, -0.05) is 12.1 Å². The predicted octanol–water partition coefficient (Wildman–Crippen LogP) is 2.86. The van der Waals surface area contributed by atoms with Gasteiger partial charge in [0, 0.05) is 38.7 Å². The Morgan fingerprint density at radius 3 is 2.22 bits per heavy atom. The Labute approximate surface area is 138 Å². The van der Waals surface area contributed by atoms with E-state index in [0.717, 1.165) is 11.1 Å². The first kappa shape index (κ1) is 15.7. The van der Waals surface area contributed by atoms with E-state index in [1.165, 1.54) is 23.5 Å². The molecule has 4 nitrogen and oxygen atoms in total. The number of thiophene rings is 1. The Kier molecular flexibility index (Phi) is 4.43. The van der Waals surface area contributed by atoms with Crippen LogP contribution in [-0.2, 0) is 4.79 Å². The fraction of sp³-hybridized carbons (Fsp3) is 0.294. The predicted molar refractivity (Wildman–Crippen MR) is 87.9 cm³/mol. The van der Waals surface area contributed by atoms with Crippen molar-refractivity contribution in [3.63, 3.8) is 0 Å². The maximum atomic E-state index is 13.1. The Hall–Kier alpha value is -2.21. The van der Waals surface area contributed by atoms with Crippen molar-refractivity contribution in [3.8, 4) is 11.1 Å². The molecule has 2 heterocycles. The zero-order valence-electron chi connectivity index (χ0n) is 12.8. The van der Waals surface area contributed by atoms with Gasteiger partial charge in [0.2, 0.25) is 5.91 Å². The fourth-order valence-electron chi connectivity index (χ4n) is 2.70. The van der Waals surface area contributed by atoms with Crippen LogP contribution in [0.4, 0.5) is 4.39 Å². The lowest BCUT2D eigenvalue weighted by molar-refractivity contribution is -0.130. The van der Waals surface area contributed by atoms with Gasteiger partial charge in [0.25, 0.3) is 5.91 Å². The molecular formula is C17H17FN2O2S. The molecule has 1 aliphatic heterocycles. The van der Waals surface area contributed by atoms with Gasteiger partial charge in [-0.3, -0.25) is 9.59 Å². The molecule has 0 N–H and O–H groups in total. The summed E-state index contributed by atoms with van der Waals surface area (Å²) in [6.45, 7) is 3.76. The first-order valence-electron chi connectivity index (χ1n) is 7.44. The lowest BCUT2D eigenvalue weighted by Crippen LogP contribution is -2.50. The molecule has 0 saturated carbocycles. The fourth-order valence-corrected chi connectivity index (χ4v) is 3.58. The van der Waals surface area contributed by atoms with Crippen LogP contribution in [0.5, 0.6) is 0 Å². The highest BCUT2D eigenvalue weighted by molar-refractivity contribution is 7.12. The second kappa shape index (κ2) is 6.50. The SMILES string of the molecule is CC(=O)N1CCN(C(=O)c2sccc2-c2ccc(F)cc2)CC1. The number of amides is 2. The standard InChI is InChI=1S/C17H17FN2O2S/c1-12(21)19-7-9-20(10-8-19)17(22)16-15(6-11-23-16)13-2-4-14(18)5-3-13/h2-6,11H,7-10H2,1H3. The van der Waals surface area contributed by atoms with Crippen molar-refractivity contribution in [1.82, 2.24) is 9.80 Å². The minimum atomic E-state index is -0.294. The molecule has 3 rings (SSSR count). The van der Waals surface area contributed by atoms with E-state index in [1.54, 1.807) is 28.9 Å². The third kappa shape index (κ3) is 3.27. The molecule has 0 spiro atoms. The lowest BCUT2D eigenvalue weighted by atomic mass is 10.1. The minimum Gasteiger partial charge on any atom is -0.339 e. The van der Waals surface area contributed by atoms with Crippen LogP contribution in [0.2, 0.25) is 0 Å². The number of piperazine rings is 1. The van der Waals surface area contributed by atoms with Gasteiger partial charge in [0.05, 0.1) is 4.88 Å². The van der Waals surface area contributed by atoms with Gasteiger partial charge in [-0.25, -0.2) is 4.39 Å². The van der Waals surface area contributed by atoms with Gasteiger partial charge < -0.3 is 9.80 Å². The van der Waals surface area contributed by atoms with Crippen molar-refractivity contribution in [2.45, 2.75) is 6.92 Å². The highest BCUT2D eigenvalue weighted by Gasteiger charge is 2.25. The highest BCUT2D eigenvalue weighted by Crippen LogP contribution is 2.29. The molecule has 1 saturated heterocycles. The summed E-state index contributed by atoms with van der Waals surface area (Å²) in [6, 6.07) is 8.04. The van der Waals surface area contributed by atoms with Crippen LogP contribution in [0.1, 0.15) is 16.6 Å². The number of carbonyl (C=O) groups is 2. The molecule has 120 valence electrons. The van der Waals surface area contributed by atoms with Gasteiger partial charge >= 0.3 is 0 Å². The third-order valence-corrected chi connectivity index (χ3v) is 4.93. The number of benzene rings is 1. The Bertz CT molecular complexity index is 718. The topological polar surface area (TPSA) is 40.6 Å². The quantitative estimate of drug-likeness (QED) is 0.848. The van der Waals surface area contributed by atoms with Crippen LogP contribution in [0, 0.1) is 5.82 Å². The second-order valence-corrected chi connectivity index (χ2v) is 6.38. The Morgan fingerprint density at radius 2 is 1.61 bits per heavy atom. The molecule has 0 aliphatic carbocycles. The number of nitrogens with zero attached hydrogens (tertiary/aromatic N) is 2. The summed E-state index contributed by atoms with van der Waals surface area (Å²) in [5, 5.41) is 1.87. The first-order valence-corrected chi connectivity index (χ1v) is 8.32. The molecule has 1 aliphatic rings. The van der Waals surface area contributed by atoms with E-state index in [1.807, 2.05) is 11.4 Å². The molecule has 0 radical (unpaired) electrons. The third-order valence-electron chi connectivity index (χ3n) is 4.03. The van der Waals surface area contributed by atoms with Crippen molar-refractivity contribution < 1.29 is 14.0 Å². The summed E-state index contributed by atoms with van der Waals surface area (Å²) in [5.41, 5.74) is 1.66. The van der Waals surface area contributed by atoms with E-state index in [0.29, 0.717) is 31.1 Å². The summed E-state index contributed by atoms with van der Waals surface area (Å²) < 4.78 is 13.1. The zero-order valence-corrected chi connectivity index (χ0v) is 13.6. The summed E-state index contributed by atoms with van der Waals surface area (Å²) in [6.07, 6.45) is 0. The molecule has 23 heavy (non-hydrogen) atoms. The normalized spacial score (nSPS) is 14.9. The van der Waals surface area contributed by atoms with E-state index in [2.05, 4.69) is 0 Å². The average molecular weight is 332 g/mol. The van der Waals surface area contributed by atoms with Crippen LogP contribution in [0.25, 0.3) is 11.1 Å². The number of hydrogen-bond acceptors (Lipinski definition) is 3. The van der Waals surface area contributed by atoms with E-state index in [9.17, 15) is 14.0 Å². The van der Waals surface area contributed by atoms with Crippen molar-refractivity contribution in [1.29, 1.82) is 0 Å². The molecule has 1 aromatic carbocycles. The van der Waals surface area contributed by atoms with Crippen LogP contribution in [-0.4, -0.2) is 47.8 Å². The maximum Gasteiger partial charge on any atom is 0.264 e. The van der Waals surface area contributed by atoms with E-state index >= 15 is 0 Å². The van der Waals surface area contributed by atoms with E-state index in [-0.39, 0.29) is 17.6 Å². The molecule has 0 atom stereocenters. The molecular weight excluding hydrogens is 315 g/mol. The van der Waals surface area contributed by atoms with Crippen molar-refractivity contribution in [2.75, 3.05) is 26.2 Å². The molecule has 6 heteroatoms. The summed E-state index contributed by atoms with van der Waals surface area (Å²) >= 11 is 1.39. The molecule has 0 unspecified atom stereocenters. The monoisotopic (exact) mass is 332 g/mol. The minimum absolute atomic E-state index is 0.0254. The van der Waals surface area contributed by atoms with Crippen LogP contribution < -0.4 is 0 Å². The molecule has 1 fully saturated rings. The zero-order chi connectivity index (χ0) is 16.4. The lowest BCUT2D eigenvalue weighted by Gasteiger charge is -2.34. The molecule has 2 aromatic rings. The van der Waals surface area contributed by atoms with Gasteiger partial charge in [-0.15, -0.1) is 11.3 Å². The summed E-state index contributed by atoms with van der Waals surface area (Å²) in [7, 11) is 0. The number of halogens is 1. The first-order chi connectivity index (χ1) is 11.1. The van der Waals surface area contributed by atoms with Crippen molar-refractivity contribution in [3.05, 3.63) is 46.4 Å².